The summed E-state index contributed by atoms with van der Waals surface area (Å²) in [6, 6.07) is 84.9. The van der Waals surface area contributed by atoms with Gasteiger partial charge in [0.15, 0.2) is 0 Å². The Morgan fingerprint density at radius 3 is 1.78 bits per heavy atom. The van der Waals surface area contributed by atoms with Gasteiger partial charge in [-0.3, -0.25) is 0 Å². The highest BCUT2D eigenvalue weighted by atomic mass is 15.1. The topological polar surface area (TPSA) is 8.17 Å². The molecule has 0 radical (unpaired) electrons. The predicted molar refractivity (Wildman–Crippen MR) is 264 cm³/mol. The summed E-state index contributed by atoms with van der Waals surface area (Å²) in [5, 5.41) is 2.48. The summed E-state index contributed by atoms with van der Waals surface area (Å²) in [5.74, 6) is 0.451. The third-order valence-corrected chi connectivity index (χ3v) is 13.5. The highest BCUT2D eigenvalue weighted by Gasteiger charge is 2.53. The van der Waals surface area contributed by atoms with E-state index in [1.54, 1.807) is 0 Å². The van der Waals surface area contributed by atoms with E-state index in [2.05, 4.69) is 264 Å². The molecule has 0 bridgehead atoms. The highest BCUT2D eigenvalue weighted by Crippen LogP contribution is 2.60. The molecule has 2 aliphatic rings. The van der Waals surface area contributed by atoms with Crippen LogP contribution in [0, 0.1) is 5.92 Å². The molecule has 0 aliphatic heterocycles. The fourth-order valence-corrected chi connectivity index (χ4v) is 11.0. The predicted octanol–water partition coefficient (Wildman–Crippen LogP) is 15.8. The van der Waals surface area contributed by atoms with Crippen molar-refractivity contribution in [3.63, 3.8) is 0 Å². The molecular weight excluding hydrogens is 761 g/mol. The zero-order valence-corrected chi connectivity index (χ0v) is 34.8. The van der Waals surface area contributed by atoms with Crippen molar-refractivity contribution in [3.8, 4) is 27.9 Å². The van der Waals surface area contributed by atoms with Gasteiger partial charge >= 0.3 is 0 Å². The van der Waals surface area contributed by atoms with E-state index < -0.39 is 5.41 Å². The molecule has 0 N–H and O–H groups in total. The van der Waals surface area contributed by atoms with Crippen molar-refractivity contribution in [1.29, 1.82) is 0 Å². The van der Waals surface area contributed by atoms with Crippen LogP contribution in [0.15, 0.2) is 255 Å². The molecule has 9 aromatic carbocycles. The number of rotatable bonds is 8. The lowest BCUT2D eigenvalue weighted by atomic mass is 9.63. The summed E-state index contributed by atoms with van der Waals surface area (Å²) < 4.78 is 2.42. The van der Waals surface area contributed by atoms with Gasteiger partial charge in [0.1, 0.15) is 0 Å². The minimum Gasteiger partial charge on any atom is -0.310 e. The van der Waals surface area contributed by atoms with Crippen molar-refractivity contribution in [2.75, 3.05) is 4.90 Å². The van der Waals surface area contributed by atoms with Gasteiger partial charge in [-0.05, 0) is 93.5 Å². The van der Waals surface area contributed by atoms with Gasteiger partial charge in [-0.2, -0.15) is 0 Å². The average molecular weight is 805 g/mol. The van der Waals surface area contributed by atoms with Gasteiger partial charge in [0.2, 0.25) is 0 Å². The zero-order valence-electron chi connectivity index (χ0n) is 34.8. The van der Waals surface area contributed by atoms with E-state index >= 15 is 0 Å². The fourth-order valence-electron chi connectivity index (χ4n) is 11.0. The van der Waals surface area contributed by atoms with Crippen LogP contribution >= 0.6 is 0 Å². The van der Waals surface area contributed by atoms with Gasteiger partial charge in [-0.15, -0.1) is 0 Å². The standard InChI is InChI=1S/C61H44N2/c1-6-21-43(22-7-1)50-33-20-36-58(60(50)44-37-39-54-53-32-17-19-35-57(53)63(59(54)41-44)48-29-14-5-15-30-48)62(47-27-12-4-13-28-47)49-38-40-52-51-31-16-18-34-55(51)61(56(52)42-49,45-23-8-2-9-24-45)46-25-10-3-11-26-46/h1-42,51,55H. The van der Waals surface area contributed by atoms with Crippen molar-refractivity contribution in [3.05, 3.63) is 277 Å². The second-order valence-corrected chi connectivity index (χ2v) is 16.8. The summed E-state index contributed by atoms with van der Waals surface area (Å²) in [6.45, 7) is 0. The normalized spacial score (nSPS) is 15.9. The van der Waals surface area contributed by atoms with Gasteiger partial charge in [0.05, 0.1) is 22.1 Å². The quantitative estimate of drug-likeness (QED) is 0.149. The number of benzene rings is 9. The van der Waals surface area contributed by atoms with E-state index in [-0.39, 0.29) is 11.8 Å². The van der Waals surface area contributed by atoms with E-state index in [4.69, 9.17) is 0 Å². The molecule has 0 saturated heterocycles. The highest BCUT2D eigenvalue weighted by molar-refractivity contribution is 6.11. The van der Waals surface area contributed by atoms with Gasteiger partial charge in [0, 0.05) is 45.2 Å². The maximum atomic E-state index is 2.51. The van der Waals surface area contributed by atoms with E-state index in [0.717, 1.165) is 28.3 Å². The molecule has 2 atom stereocenters. The molecule has 10 aromatic rings. The first kappa shape index (κ1) is 36.9. The van der Waals surface area contributed by atoms with Crippen LogP contribution in [0.1, 0.15) is 28.2 Å². The zero-order chi connectivity index (χ0) is 41.7. The first-order chi connectivity index (χ1) is 31.3. The monoisotopic (exact) mass is 804 g/mol. The van der Waals surface area contributed by atoms with Crippen LogP contribution in [0.3, 0.4) is 0 Å². The summed E-state index contributed by atoms with van der Waals surface area (Å²) in [4.78, 5) is 2.49. The maximum Gasteiger partial charge on any atom is 0.0547 e. The summed E-state index contributed by atoms with van der Waals surface area (Å²) in [5.41, 5.74) is 16.5. The number of para-hydroxylation sites is 3. The van der Waals surface area contributed by atoms with Crippen LogP contribution in [0.25, 0.3) is 49.7 Å². The molecule has 298 valence electrons. The van der Waals surface area contributed by atoms with Crippen LogP contribution in [-0.4, -0.2) is 4.57 Å². The molecule has 1 aromatic heterocycles. The molecule has 0 saturated carbocycles. The number of fused-ring (bicyclic) bond motifs is 6. The molecule has 2 heteroatoms. The first-order valence-corrected chi connectivity index (χ1v) is 22.0. The van der Waals surface area contributed by atoms with E-state index in [1.165, 1.54) is 60.8 Å². The van der Waals surface area contributed by atoms with Gasteiger partial charge in [0.25, 0.3) is 0 Å². The molecule has 0 fully saturated rings. The maximum absolute atomic E-state index is 2.51. The summed E-state index contributed by atoms with van der Waals surface area (Å²) in [6.07, 6.45) is 9.35. The second-order valence-electron chi connectivity index (χ2n) is 16.8. The Hall–Kier alpha value is -7.94. The van der Waals surface area contributed by atoms with Crippen LogP contribution in [0.5, 0.6) is 0 Å². The lowest BCUT2D eigenvalue weighted by Crippen LogP contribution is -2.35. The van der Waals surface area contributed by atoms with E-state index in [9.17, 15) is 0 Å². The Morgan fingerprint density at radius 1 is 0.429 bits per heavy atom. The Bertz CT molecular complexity index is 3290. The number of anilines is 3. The number of hydrogen-bond acceptors (Lipinski definition) is 1. The van der Waals surface area contributed by atoms with Gasteiger partial charge in [-0.1, -0.05) is 200 Å². The van der Waals surface area contributed by atoms with Gasteiger partial charge < -0.3 is 9.47 Å². The molecule has 2 nitrogen and oxygen atoms in total. The average Bonchev–Trinajstić information content (AvgIpc) is 3.85. The summed E-state index contributed by atoms with van der Waals surface area (Å²) >= 11 is 0. The van der Waals surface area contributed by atoms with Crippen LogP contribution in [-0.2, 0) is 5.41 Å². The van der Waals surface area contributed by atoms with Crippen molar-refractivity contribution >= 4 is 38.9 Å². The Kier molecular flexibility index (Phi) is 8.90. The first-order valence-electron chi connectivity index (χ1n) is 22.0. The lowest BCUT2D eigenvalue weighted by molar-refractivity contribution is 0.457. The largest absolute Gasteiger partial charge is 0.310 e. The molecule has 2 unspecified atom stereocenters. The Morgan fingerprint density at radius 2 is 1.05 bits per heavy atom. The van der Waals surface area contributed by atoms with Gasteiger partial charge in [-0.25, -0.2) is 0 Å². The van der Waals surface area contributed by atoms with Crippen molar-refractivity contribution < 1.29 is 0 Å². The number of hydrogen-bond donors (Lipinski definition) is 0. The molecule has 1 heterocycles. The Balaban J connectivity index is 1.15. The third-order valence-electron chi connectivity index (χ3n) is 13.5. The van der Waals surface area contributed by atoms with Crippen molar-refractivity contribution in [1.82, 2.24) is 4.57 Å². The number of aromatic nitrogens is 1. The minimum atomic E-state index is -0.410. The second kappa shape index (κ2) is 15.2. The Labute approximate surface area is 369 Å². The van der Waals surface area contributed by atoms with Crippen LogP contribution < -0.4 is 4.90 Å². The number of allylic oxidation sites excluding steroid dienone is 4. The molecule has 0 spiro atoms. The fraction of sp³-hybridized carbons (Fsp3) is 0.0492. The molecule has 63 heavy (non-hydrogen) atoms. The molecular formula is C61H44N2. The molecule has 2 aliphatic carbocycles. The van der Waals surface area contributed by atoms with Crippen molar-refractivity contribution in [2.24, 2.45) is 5.92 Å². The molecule has 0 amide bonds. The minimum absolute atomic E-state index is 0.211. The van der Waals surface area contributed by atoms with Crippen LogP contribution in [0.4, 0.5) is 17.1 Å². The summed E-state index contributed by atoms with van der Waals surface area (Å²) in [7, 11) is 0. The molecule has 12 rings (SSSR count). The van der Waals surface area contributed by atoms with Crippen LogP contribution in [0.2, 0.25) is 0 Å². The van der Waals surface area contributed by atoms with E-state index in [1.807, 2.05) is 0 Å². The van der Waals surface area contributed by atoms with Crippen molar-refractivity contribution in [2.45, 2.75) is 11.3 Å². The number of nitrogens with zero attached hydrogens (tertiary/aromatic N) is 2. The third kappa shape index (κ3) is 5.86. The smallest absolute Gasteiger partial charge is 0.0547 e. The lowest BCUT2D eigenvalue weighted by Gasteiger charge is -2.39. The SMILES string of the molecule is C1=CC2c3ccc(N(c4ccccc4)c4cccc(-c5ccccc5)c4-c4ccc5c6ccccc6n(-c6ccccc6)c5c4)cc3C(c3ccccc3)(c3ccccc3)C2C=C1. The van der Waals surface area contributed by atoms with E-state index in [0.29, 0.717) is 0 Å².